The van der Waals surface area contributed by atoms with Crippen LogP contribution in [-0.2, 0) is 11.3 Å². The highest BCUT2D eigenvalue weighted by Gasteiger charge is 2.21. The van der Waals surface area contributed by atoms with Crippen LogP contribution in [0.25, 0.3) is 0 Å². The quantitative estimate of drug-likeness (QED) is 0.843. The van der Waals surface area contributed by atoms with Gasteiger partial charge in [0.25, 0.3) is 0 Å². The van der Waals surface area contributed by atoms with Crippen LogP contribution in [0.5, 0.6) is 5.75 Å². The van der Waals surface area contributed by atoms with E-state index in [0.29, 0.717) is 6.42 Å². The summed E-state index contributed by atoms with van der Waals surface area (Å²) in [5.41, 5.74) is 3.35. The molecule has 0 aromatic heterocycles. The van der Waals surface area contributed by atoms with E-state index in [2.05, 4.69) is 30.4 Å². The van der Waals surface area contributed by atoms with Gasteiger partial charge in [-0.05, 0) is 37.1 Å². The van der Waals surface area contributed by atoms with E-state index in [4.69, 9.17) is 4.74 Å². The summed E-state index contributed by atoms with van der Waals surface area (Å²) in [7, 11) is 1.70. The maximum atomic E-state index is 11.8. The normalized spacial score (nSPS) is 15.0. The number of carbonyl (C=O) groups excluding carboxylic acids is 1. The second-order valence-corrected chi connectivity index (χ2v) is 6.15. The maximum absolute atomic E-state index is 11.8. The minimum Gasteiger partial charge on any atom is -0.496 e. The fourth-order valence-electron chi connectivity index (χ4n) is 3.09. The summed E-state index contributed by atoms with van der Waals surface area (Å²) in [6.07, 6.45) is 1.62. The Morgan fingerprint density at radius 2 is 1.88 bits per heavy atom. The Morgan fingerprint density at radius 1 is 1.16 bits per heavy atom. The number of hydrogen-bond acceptors (Lipinski definition) is 3. The van der Waals surface area contributed by atoms with Crippen LogP contribution in [0.2, 0.25) is 0 Å². The lowest BCUT2D eigenvalue weighted by molar-refractivity contribution is -0.117. The third-order valence-corrected chi connectivity index (χ3v) is 4.57. The first-order valence-corrected chi connectivity index (χ1v) is 8.44. The van der Waals surface area contributed by atoms with Gasteiger partial charge in [-0.3, -0.25) is 4.79 Å². The smallest absolute Gasteiger partial charge is 0.227 e. The molecule has 0 bridgehead atoms. The van der Waals surface area contributed by atoms with Crippen molar-refractivity contribution < 1.29 is 9.53 Å². The first kappa shape index (κ1) is 19.3. The number of para-hydroxylation sites is 1. The second kappa shape index (κ2) is 8.88. The molecular formula is C20H25ClN2O2. The van der Waals surface area contributed by atoms with E-state index in [9.17, 15) is 4.79 Å². The molecule has 1 atom stereocenters. The molecule has 1 fully saturated rings. The van der Waals surface area contributed by atoms with Gasteiger partial charge in [-0.1, -0.05) is 30.3 Å². The molecule has 0 radical (unpaired) electrons. The second-order valence-electron chi connectivity index (χ2n) is 6.15. The molecule has 2 aromatic carbocycles. The van der Waals surface area contributed by atoms with Crippen LogP contribution in [0.4, 0.5) is 5.69 Å². The zero-order valence-corrected chi connectivity index (χ0v) is 15.5. The number of benzene rings is 2. The highest BCUT2D eigenvalue weighted by Crippen LogP contribution is 2.24. The van der Waals surface area contributed by atoms with Gasteiger partial charge in [0.2, 0.25) is 5.91 Å². The first-order valence-electron chi connectivity index (χ1n) is 8.44. The zero-order chi connectivity index (χ0) is 16.9. The first-order chi connectivity index (χ1) is 11.7. The molecule has 5 heteroatoms. The summed E-state index contributed by atoms with van der Waals surface area (Å²) in [5, 5.41) is 3.53. The number of anilines is 1. The fraction of sp³-hybridized carbons (Fsp3) is 0.350. The van der Waals surface area contributed by atoms with Crippen molar-refractivity contribution in [1.29, 1.82) is 0 Å². The SMILES string of the molecule is COc1ccccc1CNC(C)c1ccc(N2CCCC2=O)cc1.Cl. The van der Waals surface area contributed by atoms with Gasteiger partial charge >= 0.3 is 0 Å². The molecule has 1 aliphatic heterocycles. The number of rotatable bonds is 6. The van der Waals surface area contributed by atoms with Crippen molar-refractivity contribution in [2.24, 2.45) is 0 Å². The largest absolute Gasteiger partial charge is 0.496 e. The van der Waals surface area contributed by atoms with Crippen LogP contribution in [0, 0.1) is 0 Å². The summed E-state index contributed by atoms with van der Waals surface area (Å²) in [5.74, 6) is 1.13. The van der Waals surface area contributed by atoms with Gasteiger partial charge in [-0.15, -0.1) is 12.4 Å². The van der Waals surface area contributed by atoms with E-state index < -0.39 is 0 Å². The molecule has 25 heavy (non-hydrogen) atoms. The topological polar surface area (TPSA) is 41.6 Å². The van der Waals surface area contributed by atoms with E-state index >= 15 is 0 Å². The fourth-order valence-corrected chi connectivity index (χ4v) is 3.09. The van der Waals surface area contributed by atoms with E-state index in [1.165, 1.54) is 5.56 Å². The van der Waals surface area contributed by atoms with Crippen molar-refractivity contribution in [2.75, 3.05) is 18.6 Å². The number of carbonyl (C=O) groups is 1. The summed E-state index contributed by atoms with van der Waals surface area (Å²) < 4.78 is 5.39. The Hall–Kier alpha value is -2.04. The number of methoxy groups -OCH3 is 1. The van der Waals surface area contributed by atoms with Crippen LogP contribution >= 0.6 is 12.4 Å². The van der Waals surface area contributed by atoms with E-state index in [1.54, 1.807) is 7.11 Å². The highest BCUT2D eigenvalue weighted by molar-refractivity contribution is 5.95. The molecule has 0 spiro atoms. The molecule has 1 N–H and O–H groups in total. The Bertz CT molecular complexity index is 703. The van der Waals surface area contributed by atoms with E-state index in [-0.39, 0.29) is 24.4 Å². The number of amides is 1. The van der Waals surface area contributed by atoms with Gasteiger partial charge in [0.1, 0.15) is 5.75 Å². The Morgan fingerprint density at radius 3 is 2.52 bits per heavy atom. The Kier molecular flexibility index (Phi) is 6.85. The van der Waals surface area contributed by atoms with Crippen molar-refractivity contribution in [2.45, 2.75) is 32.4 Å². The average Bonchev–Trinajstić information content (AvgIpc) is 3.06. The van der Waals surface area contributed by atoms with Crippen LogP contribution in [0.3, 0.4) is 0 Å². The van der Waals surface area contributed by atoms with Gasteiger partial charge in [0.05, 0.1) is 7.11 Å². The van der Waals surface area contributed by atoms with Crippen molar-refractivity contribution in [1.82, 2.24) is 5.32 Å². The lowest BCUT2D eigenvalue weighted by atomic mass is 10.1. The van der Waals surface area contributed by atoms with Crippen LogP contribution in [0.1, 0.15) is 36.9 Å². The monoisotopic (exact) mass is 360 g/mol. The number of nitrogens with one attached hydrogen (secondary N) is 1. The third-order valence-electron chi connectivity index (χ3n) is 4.57. The number of halogens is 1. The maximum Gasteiger partial charge on any atom is 0.227 e. The zero-order valence-electron chi connectivity index (χ0n) is 14.7. The molecule has 1 aliphatic rings. The molecule has 0 saturated carbocycles. The molecule has 2 aromatic rings. The lowest BCUT2D eigenvalue weighted by Gasteiger charge is -2.19. The molecule has 4 nitrogen and oxygen atoms in total. The van der Waals surface area contributed by atoms with Gasteiger partial charge < -0.3 is 15.0 Å². The van der Waals surface area contributed by atoms with Gasteiger partial charge in [-0.25, -0.2) is 0 Å². The molecule has 134 valence electrons. The molecule has 3 rings (SSSR count). The van der Waals surface area contributed by atoms with Crippen molar-refractivity contribution in [3.05, 3.63) is 59.7 Å². The summed E-state index contributed by atoms with van der Waals surface area (Å²) in [4.78, 5) is 13.7. The highest BCUT2D eigenvalue weighted by atomic mass is 35.5. The van der Waals surface area contributed by atoms with E-state index in [1.807, 2.05) is 35.2 Å². The van der Waals surface area contributed by atoms with Gasteiger partial charge in [0.15, 0.2) is 0 Å². The molecule has 1 heterocycles. The molecule has 1 unspecified atom stereocenters. The molecule has 0 aliphatic carbocycles. The van der Waals surface area contributed by atoms with Crippen molar-refractivity contribution >= 4 is 24.0 Å². The predicted molar refractivity (Wildman–Crippen MR) is 104 cm³/mol. The molecular weight excluding hydrogens is 336 g/mol. The number of hydrogen-bond donors (Lipinski definition) is 1. The Labute approximate surface area is 155 Å². The van der Waals surface area contributed by atoms with E-state index in [0.717, 1.165) is 36.5 Å². The summed E-state index contributed by atoms with van der Waals surface area (Å²) >= 11 is 0. The minimum atomic E-state index is 0. The van der Waals surface area contributed by atoms with Crippen molar-refractivity contribution in [3.63, 3.8) is 0 Å². The standard InChI is InChI=1S/C20H24N2O2.ClH/c1-15(21-14-17-6-3-4-7-19(17)24-2)16-9-11-18(12-10-16)22-13-5-8-20(22)23;/h3-4,6-7,9-12,15,21H,5,8,13-14H2,1-2H3;1H. The predicted octanol–water partition coefficient (Wildman–Crippen LogP) is 4.09. The van der Waals surface area contributed by atoms with Crippen LogP contribution in [0.15, 0.2) is 48.5 Å². The molecule has 1 amide bonds. The van der Waals surface area contributed by atoms with Crippen LogP contribution in [-0.4, -0.2) is 19.6 Å². The minimum absolute atomic E-state index is 0. The van der Waals surface area contributed by atoms with Gasteiger partial charge in [0, 0.05) is 36.8 Å². The summed E-state index contributed by atoms with van der Waals surface area (Å²) in [6.45, 7) is 3.72. The molecule has 1 saturated heterocycles. The van der Waals surface area contributed by atoms with Gasteiger partial charge in [-0.2, -0.15) is 0 Å². The third kappa shape index (κ3) is 4.53. The van der Waals surface area contributed by atoms with Crippen LogP contribution < -0.4 is 15.0 Å². The number of nitrogens with zero attached hydrogens (tertiary/aromatic N) is 1. The summed E-state index contributed by atoms with van der Waals surface area (Å²) in [6, 6.07) is 16.5. The Balaban J connectivity index is 0.00000225. The average molecular weight is 361 g/mol. The lowest BCUT2D eigenvalue weighted by Crippen LogP contribution is -2.23. The number of ether oxygens (including phenoxy) is 1. The van der Waals surface area contributed by atoms with Crippen molar-refractivity contribution in [3.8, 4) is 5.75 Å².